The molecule has 1 amide bonds. The molecule has 1 heterocycles. The first kappa shape index (κ1) is 20.8. The highest BCUT2D eigenvalue weighted by Gasteiger charge is 2.40. The number of benzene rings is 2. The SMILES string of the molecule is O=C(N[C@H](CO)Cc1ccccc1)[C@H]1CSCN1S(=O)(=O)c1ccc(F)cc1. The molecule has 0 radical (unpaired) electrons. The Morgan fingerprint density at radius 2 is 1.89 bits per heavy atom. The predicted molar refractivity (Wildman–Crippen MR) is 106 cm³/mol. The van der Waals surface area contributed by atoms with Crippen molar-refractivity contribution in [3.63, 3.8) is 0 Å². The van der Waals surface area contributed by atoms with Crippen molar-refractivity contribution in [2.75, 3.05) is 18.2 Å². The van der Waals surface area contributed by atoms with E-state index in [1.54, 1.807) is 0 Å². The summed E-state index contributed by atoms with van der Waals surface area (Å²) in [5.41, 5.74) is 0.957. The second-order valence-electron chi connectivity index (χ2n) is 6.44. The van der Waals surface area contributed by atoms with E-state index in [9.17, 15) is 22.7 Å². The van der Waals surface area contributed by atoms with Crippen LogP contribution < -0.4 is 5.32 Å². The van der Waals surface area contributed by atoms with Crippen molar-refractivity contribution in [3.05, 3.63) is 66.0 Å². The van der Waals surface area contributed by atoms with Crippen LogP contribution in [-0.2, 0) is 21.2 Å². The van der Waals surface area contributed by atoms with E-state index in [4.69, 9.17) is 0 Å². The number of aliphatic hydroxyl groups excluding tert-OH is 1. The van der Waals surface area contributed by atoms with Gasteiger partial charge in [0.25, 0.3) is 0 Å². The van der Waals surface area contributed by atoms with Crippen molar-refractivity contribution < 1.29 is 22.7 Å². The minimum atomic E-state index is -3.93. The molecule has 2 aromatic carbocycles. The highest BCUT2D eigenvalue weighted by atomic mass is 32.2. The standard InChI is InChI=1S/C19H21FN2O4S2/c20-15-6-8-17(9-7-15)28(25,26)22-13-27-12-18(22)19(24)21-16(11-23)10-14-4-2-1-3-5-14/h1-9,16,18,23H,10-13H2,(H,21,24)/t16-,18+/m0/s1. The quantitative estimate of drug-likeness (QED) is 0.705. The molecule has 2 atom stereocenters. The first-order valence-electron chi connectivity index (χ1n) is 8.72. The van der Waals surface area contributed by atoms with Crippen LogP contribution in [0, 0.1) is 5.82 Å². The number of nitrogens with zero attached hydrogens (tertiary/aromatic N) is 1. The molecule has 0 unspecified atom stereocenters. The number of hydrogen-bond donors (Lipinski definition) is 2. The smallest absolute Gasteiger partial charge is 0.244 e. The molecule has 0 aliphatic carbocycles. The largest absolute Gasteiger partial charge is 0.394 e. The highest BCUT2D eigenvalue weighted by Crippen LogP contribution is 2.28. The number of hydrogen-bond acceptors (Lipinski definition) is 5. The van der Waals surface area contributed by atoms with Gasteiger partial charge in [-0.05, 0) is 36.2 Å². The Balaban J connectivity index is 1.72. The zero-order chi connectivity index (χ0) is 20.1. The molecule has 1 aliphatic heterocycles. The van der Waals surface area contributed by atoms with Crippen LogP contribution in [0.5, 0.6) is 0 Å². The van der Waals surface area contributed by atoms with Crippen LogP contribution in [0.4, 0.5) is 4.39 Å². The predicted octanol–water partition coefficient (Wildman–Crippen LogP) is 1.61. The summed E-state index contributed by atoms with van der Waals surface area (Å²) in [6.45, 7) is -0.259. The Bertz CT molecular complexity index is 907. The van der Waals surface area contributed by atoms with Gasteiger partial charge in [0.1, 0.15) is 11.9 Å². The number of aliphatic hydroxyl groups is 1. The van der Waals surface area contributed by atoms with Crippen molar-refractivity contribution in [2.24, 2.45) is 0 Å². The van der Waals surface area contributed by atoms with Gasteiger partial charge in [0.2, 0.25) is 15.9 Å². The minimum absolute atomic E-state index is 0.0582. The number of nitrogens with one attached hydrogen (secondary N) is 1. The van der Waals surface area contributed by atoms with Crippen LogP contribution in [0.15, 0.2) is 59.5 Å². The summed E-state index contributed by atoms with van der Waals surface area (Å²) in [5, 5.41) is 12.4. The fraction of sp³-hybridized carbons (Fsp3) is 0.316. The molecule has 150 valence electrons. The molecule has 0 aromatic heterocycles. The van der Waals surface area contributed by atoms with Crippen LogP contribution in [0.25, 0.3) is 0 Å². The van der Waals surface area contributed by atoms with E-state index in [1.165, 1.54) is 23.9 Å². The molecule has 1 fully saturated rings. The van der Waals surface area contributed by atoms with Crippen LogP contribution in [0.1, 0.15) is 5.56 Å². The minimum Gasteiger partial charge on any atom is -0.394 e. The zero-order valence-corrected chi connectivity index (χ0v) is 16.6. The van der Waals surface area contributed by atoms with Crippen LogP contribution in [0.2, 0.25) is 0 Å². The molecule has 2 N–H and O–H groups in total. The first-order valence-corrected chi connectivity index (χ1v) is 11.3. The Hall–Kier alpha value is -1.94. The summed E-state index contributed by atoms with van der Waals surface area (Å²) < 4.78 is 40.0. The maximum Gasteiger partial charge on any atom is 0.244 e. The van der Waals surface area contributed by atoms with Gasteiger partial charge < -0.3 is 10.4 Å². The molecule has 9 heteroatoms. The lowest BCUT2D eigenvalue weighted by Crippen LogP contribution is -2.51. The van der Waals surface area contributed by atoms with Gasteiger partial charge in [-0.2, -0.15) is 4.31 Å². The van der Waals surface area contributed by atoms with Gasteiger partial charge in [-0.15, -0.1) is 11.8 Å². The molecular formula is C19H21FN2O4S2. The van der Waals surface area contributed by atoms with Crippen molar-refractivity contribution in [2.45, 2.75) is 23.4 Å². The van der Waals surface area contributed by atoms with Gasteiger partial charge in [0.05, 0.1) is 23.4 Å². The average Bonchev–Trinajstić information content (AvgIpc) is 3.19. The molecule has 28 heavy (non-hydrogen) atoms. The maximum absolute atomic E-state index is 13.1. The van der Waals surface area contributed by atoms with E-state index < -0.39 is 33.8 Å². The number of sulfonamides is 1. The summed E-state index contributed by atoms with van der Waals surface area (Å²) in [6, 6.07) is 12.5. The fourth-order valence-corrected chi connectivity index (χ4v) is 6.12. The monoisotopic (exact) mass is 424 g/mol. The van der Waals surface area contributed by atoms with E-state index in [2.05, 4.69) is 5.32 Å². The van der Waals surface area contributed by atoms with E-state index in [0.29, 0.717) is 12.2 Å². The molecule has 0 bridgehead atoms. The zero-order valence-electron chi connectivity index (χ0n) is 15.0. The number of halogens is 1. The number of thioether (sulfide) groups is 1. The van der Waals surface area contributed by atoms with Crippen molar-refractivity contribution >= 4 is 27.7 Å². The van der Waals surface area contributed by atoms with E-state index in [0.717, 1.165) is 22.0 Å². The second-order valence-corrected chi connectivity index (χ2v) is 9.33. The van der Waals surface area contributed by atoms with E-state index in [1.807, 2.05) is 30.3 Å². The van der Waals surface area contributed by atoms with Crippen LogP contribution in [0.3, 0.4) is 0 Å². The van der Waals surface area contributed by atoms with Crippen LogP contribution in [-0.4, -0.2) is 54.1 Å². The van der Waals surface area contributed by atoms with Gasteiger partial charge >= 0.3 is 0 Å². The molecule has 0 spiro atoms. The number of carbonyl (C=O) groups is 1. The topological polar surface area (TPSA) is 86.7 Å². The summed E-state index contributed by atoms with van der Waals surface area (Å²) in [4.78, 5) is 12.7. The van der Waals surface area contributed by atoms with Crippen molar-refractivity contribution in [1.29, 1.82) is 0 Å². The van der Waals surface area contributed by atoms with Crippen molar-refractivity contribution in [1.82, 2.24) is 9.62 Å². The lowest BCUT2D eigenvalue weighted by Gasteiger charge is -2.25. The summed E-state index contributed by atoms with van der Waals surface area (Å²) in [5.74, 6) is -0.530. The van der Waals surface area contributed by atoms with E-state index in [-0.39, 0.29) is 17.4 Å². The Labute approximate surface area is 167 Å². The molecule has 1 saturated heterocycles. The van der Waals surface area contributed by atoms with Gasteiger partial charge in [-0.3, -0.25) is 4.79 Å². The van der Waals surface area contributed by atoms with Gasteiger partial charge in [0.15, 0.2) is 0 Å². The van der Waals surface area contributed by atoms with Gasteiger partial charge in [-0.25, -0.2) is 12.8 Å². The maximum atomic E-state index is 13.1. The molecule has 1 aliphatic rings. The number of amides is 1. The summed E-state index contributed by atoms with van der Waals surface area (Å²) in [6.07, 6.45) is 0.438. The van der Waals surface area contributed by atoms with Gasteiger partial charge in [-0.1, -0.05) is 30.3 Å². The first-order chi connectivity index (χ1) is 13.4. The normalized spacial score (nSPS) is 18.7. The highest BCUT2D eigenvalue weighted by molar-refractivity contribution is 8.00. The third-order valence-corrected chi connectivity index (χ3v) is 7.50. The molecule has 3 rings (SSSR count). The summed E-state index contributed by atoms with van der Waals surface area (Å²) in [7, 11) is -3.93. The number of carbonyl (C=O) groups excluding carboxylic acids is 1. The molecule has 0 saturated carbocycles. The summed E-state index contributed by atoms with van der Waals surface area (Å²) >= 11 is 1.33. The Morgan fingerprint density at radius 1 is 1.21 bits per heavy atom. The van der Waals surface area contributed by atoms with Crippen molar-refractivity contribution in [3.8, 4) is 0 Å². The molecule has 2 aromatic rings. The van der Waals surface area contributed by atoms with E-state index >= 15 is 0 Å². The lowest BCUT2D eigenvalue weighted by molar-refractivity contribution is -0.124. The lowest BCUT2D eigenvalue weighted by atomic mass is 10.1. The second kappa shape index (κ2) is 9.04. The fourth-order valence-electron chi connectivity index (χ4n) is 2.97. The third kappa shape index (κ3) is 4.72. The molecular weight excluding hydrogens is 403 g/mol. The Morgan fingerprint density at radius 3 is 2.54 bits per heavy atom. The number of rotatable bonds is 7. The van der Waals surface area contributed by atoms with Crippen LogP contribution >= 0.6 is 11.8 Å². The molecule has 6 nitrogen and oxygen atoms in total. The average molecular weight is 425 g/mol. The van der Waals surface area contributed by atoms with Gasteiger partial charge in [0, 0.05) is 5.75 Å². The Kier molecular flexibility index (Phi) is 6.71. The third-order valence-electron chi connectivity index (χ3n) is 4.46.